The molecular weight excluding hydrogens is 195 g/mol. The van der Waals surface area contributed by atoms with Crippen molar-refractivity contribution in [2.24, 2.45) is 0 Å². The van der Waals surface area contributed by atoms with Crippen molar-refractivity contribution in [1.82, 2.24) is 0 Å². The van der Waals surface area contributed by atoms with Crippen LogP contribution in [0.15, 0.2) is 30.5 Å². The lowest BCUT2D eigenvalue weighted by Crippen LogP contribution is -2.35. The van der Waals surface area contributed by atoms with Crippen LogP contribution in [0, 0.1) is 5.82 Å². The van der Waals surface area contributed by atoms with E-state index in [0.29, 0.717) is 5.69 Å². The van der Waals surface area contributed by atoms with Gasteiger partial charge < -0.3 is 10.2 Å². The fraction of sp³-hybridized carbons (Fsp3) is 0.182. The van der Waals surface area contributed by atoms with Crippen LogP contribution in [-0.4, -0.2) is 12.5 Å². The number of allylic oxidation sites excluding steroid dienone is 1. The summed E-state index contributed by atoms with van der Waals surface area (Å²) in [6.45, 7) is 5.59. The molecule has 0 aliphatic carbocycles. The third-order valence-corrected chi connectivity index (χ3v) is 2.34. The molecule has 0 bridgehead atoms. The summed E-state index contributed by atoms with van der Waals surface area (Å²) < 4.78 is 13.0. The number of hydrogen-bond acceptors (Lipinski definition) is 3. The fourth-order valence-corrected chi connectivity index (χ4v) is 1.75. The molecule has 15 heavy (non-hydrogen) atoms. The summed E-state index contributed by atoms with van der Waals surface area (Å²) in [5.41, 5.74) is 2.14. The molecule has 78 valence electrons. The van der Waals surface area contributed by atoms with Gasteiger partial charge in [-0.05, 0) is 25.1 Å². The van der Waals surface area contributed by atoms with Gasteiger partial charge >= 0.3 is 0 Å². The zero-order valence-electron chi connectivity index (χ0n) is 8.33. The number of rotatable bonds is 2. The summed E-state index contributed by atoms with van der Waals surface area (Å²) in [5, 5.41) is 2.91. The number of carbonyl (C=O) groups is 1. The minimum atomic E-state index is -0.487. The molecule has 0 aromatic heterocycles. The molecule has 1 heterocycles. The molecule has 1 aromatic carbocycles. The number of carbonyl (C=O) groups excluding carboxylic acids is 1. The number of hydrogen-bond donors (Lipinski definition) is 1. The van der Waals surface area contributed by atoms with Gasteiger partial charge in [0, 0.05) is 5.70 Å². The SMILES string of the molecule is C=C(C)N1c2ccc(F)cc2NC1C=O. The van der Waals surface area contributed by atoms with E-state index in [1.807, 2.05) is 0 Å². The van der Waals surface area contributed by atoms with Gasteiger partial charge in [0.15, 0.2) is 12.5 Å². The maximum atomic E-state index is 13.0. The second kappa shape index (κ2) is 3.38. The molecule has 0 fully saturated rings. The number of halogens is 1. The highest BCUT2D eigenvalue weighted by Crippen LogP contribution is 2.36. The van der Waals surface area contributed by atoms with Crippen LogP contribution in [0.4, 0.5) is 15.8 Å². The van der Waals surface area contributed by atoms with Crippen LogP contribution < -0.4 is 10.2 Å². The van der Waals surface area contributed by atoms with E-state index in [0.717, 1.165) is 17.7 Å². The Morgan fingerprint density at radius 1 is 1.67 bits per heavy atom. The maximum absolute atomic E-state index is 13.0. The summed E-state index contributed by atoms with van der Waals surface area (Å²) in [4.78, 5) is 12.6. The van der Waals surface area contributed by atoms with Crippen molar-refractivity contribution in [3.05, 3.63) is 36.3 Å². The Hall–Kier alpha value is -1.84. The van der Waals surface area contributed by atoms with Crippen molar-refractivity contribution >= 4 is 17.7 Å². The molecule has 0 spiro atoms. The van der Waals surface area contributed by atoms with Crippen LogP contribution in [0.25, 0.3) is 0 Å². The van der Waals surface area contributed by atoms with E-state index in [-0.39, 0.29) is 5.82 Å². The van der Waals surface area contributed by atoms with Crippen molar-refractivity contribution in [2.75, 3.05) is 10.2 Å². The second-order valence-corrected chi connectivity index (χ2v) is 3.49. The first-order chi connectivity index (χ1) is 7.13. The van der Waals surface area contributed by atoms with Crippen molar-refractivity contribution < 1.29 is 9.18 Å². The molecule has 0 amide bonds. The molecule has 3 nitrogen and oxygen atoms in total. The summed E-state index contributed by atoms with van der Waals surface area (Å²) in [6, 6.07) is 4.37. The fourth-order valence-electron chi connectivity index (χ4n) is 1.75. The topological polar surface area (TPSA) is 32.3 Å². The Bertz CT molecular complexity index is 431. The Labute approximate surface area is 87.2 Å². The average molecular weight is 206 g/mol. The first-order valence-corrected chi connectivity index (χ1v) is 4.59. The highest BCUT2D eigenvalue weighted by Gasteiger charge is 2.28. The molecule has 4 heteroatoms. The third kappa shape index (κ3) is 1.48. The molecule has 0 saturated carbocycles. The molecule has 1 aromatic rings. The van der Waals surface area contributed by atoms with E-state index in [4.69, 9.17) is 0 Å². The summed E-state index contributed by atoms with van der Waals surface area (Å²) in [6.07, 6.45) is 0.284. The zero-order chi connectivity index (χ0) is 11.0. The predicted molar refractivity (Wildman–Crippen MR) is 57.2 cm³/mol. The molecule has 0 radical (unpaired) electrons. The Morgan fingerprint density at radius 2 is 2.40 bits per heavy atom. The van der Waals surface area contributed by atoms with E-state index < -0.39 is 6.17 Å². The van der Waals surface area contributed by atoms with Gasteiger partial charge in [0.2, 0.25) is 0 Å². The molecule has 1 aliphatic rings. The minimum Gasteiger partial charge on any atom is -0.357 e. The highest BCUT2D eigenvalue weighted by molar-refractivity contribution is 5.86. The van der Waals surface area contributed by atoms with Gasteiger partial charge in [0.25, 0.3) is 0 Å². The molecular formula is C11H11FN2O. The van der Waals surface area contributed by atoms with Crippen LogP contribution in [-0.2, 0) is 4.79 Å². The van der Waals surface area contributed by atoms with Crippen LogP contribution in [0.2, 0.25) is 0 Å². The first-order valence-electron chi connectivity index (χ1n) is 4.59. The highest BCUT2D eigenvalue weighted by atomic mass is 19.1. The minimum absolute atomic E-state index is 0.325. The number of fused-ring (bicyclic) bond motifs is 1. The van der Waals surface area contributed by atoms with Crippen molar-refractivity contribution in [2.45, 2.75) is 13.1 Å². The number of anilines is 2. The van der Waals surface area contributed by atoms with Gasteiger partial charge in [-0.3, -0.25) is 4.79 Å². The normalized spacial score (nSPS) is 18.3. The zero-order valence-corrected chi connectivity index (χ0v) is 8.33. The largest absolute Gasteiger partial charge is 0.357 e. The van der Waals surface area contributed by atoms with Gasteiger partial charge in [-0.1, -0.05) is 6.58 Å². The lowest BCUT2D eigenvalue weighted by Gasteiger charge is -2.22. The lowest BCUT2D eigenvalue weighted by atomic mass is 10.2. The standard InChI is InChI=1S/C11H11FN2O/c1-7(2)14-10-4-3-8(12)5-9(10)13-11(14)6-15/h3-6,11,13H,1H2,2H3. The third-order valence-electron chi connectivity index (χ3n) is 2.34. The number of nitrogens with zero attached hydrogens (tertiary/aromatic N) is 1. The van der Waals surface area contributed by atoms with Crippen LogP contribution in [0.3, 0.4) is 0 Å². The van der Waals surface area contributed by atoms with Gasteiger partial charge in [0.05, 0.1) is 11.4 Å². The lowest BCUT2D eigenvalue weighted by molar-refractivity contribution is -0.108. The first kappa shape index (κ1) is 9.71. The van der Waals surface area contributed by atoms with Gasteiger partial charge in [-0.15, -0.1) is 0 Å². The molecule has 0 saturated heterocycles. The molecule has 1 atom stereocenters. The Morgan fingerprint density at radius 3 is 3.00 bits per heavy atom. The summed E-state index contributed by atoms with van der Waals surface area (Å²) in [7, 11) is 0. The van der Waals surface area contributed by atoms with Crippen molar-refractivity contribution in [1.29, 1.82) is 0 Å². The van der Waals surface area contributed by atoms with E-state index in [1.165, 1.54) is 12.1 Å². The average Bonchev–Trinajstić information content (AvgIpc) is 2.54. The van der Waals surface area contributed by atoms with Crippen molar-refractivity contribution in [3.63, 3.8) is 0 Å². The molecule has 2 rings (SSSR count). The van der Waals surface area contributed by atoms with E-state index in [1.54, 1.807) is 17.9 Å². The van der Waals surface area contributed by atoms with Gasteiger partial charge in [-0.25, -0.2) is 4.39 Å². The Balaban J connectivity index is 2.48. The summed E-state index contributed by atoms with van der Waals surface area (Å²) >= 11 is 0. The molecule has 1 aliphatic heterocycles. The number of nitrogens with one attached hydrogen (secondary N) is 1. The smallest absolute Gasteiger partial charge is 0.163 e. The van der Waals surface area contributed by atoms with E-state index in [9.17, 15) is 9.18 Å². The van der Waals surface area contributed by atoms with E-state index >= 15 is 0 Å². The molecule has 1 unspecified atom stereocenters. The van der Waals surface area contributed by atoms with Crippen LogP contribution in [0.1, 0.15) is 6.92 Å². The number of aldehydes is 1. The summed E-state index contributed by atoms with van der Waals surface area (Å²) in [5.74, 6) is -0.325. The number of benzene rings is 1. The molecule has 1 N–H and O–H groups in total. The second-order valence-electron chi connectivity index (χ2n) is 3.49. The van der Waals surface area contributed by atoms with Crippen LogP contribution in [0.5, 0.6) is 0 Å². The van der Waals surface area contributed by atoms with E-state index in [2.05, 4.69) is 11.9 Å². The quantitative estimate of drug-likeness (QED) is 0.752. The van der Waals surface area contributed by atoms with Gasteiger partial charge in [0.1, 0.15) is 5.82 Å². The predicted octanol–water partition coefficient (Wildman–Crippen LogP) is 2.12. The monoisotopic (exact) mass is 206 g/mol. The maximum Gasteiger partial charge on any atom is 0.163 e. The Kier molecular flexibility index (Phi) is 2.19. The van der Waals surface area contributed by atoms with Crippen molar-refractivity contribution in [3.8, 4) is 0 Å². The van der Waals surface area contributed by atoms with Gasteiger partial charge in [-0.2, -0.15) is 0 Å². The van der Waals surface area contributed by atoms with Crippen LogP contribution >= 0.6 is 0 Å².